The standard InChI is InChI=1S/C11H20N2O/c12-10-8-9(10)11(14)13-6-4-2-1-3-5-7-13/h9-10H,1-8,12H2. The Morgan fingerprint density at radius 3 is 2.07 bits per heavy atom. The van der Waals surface area contributed by atoms with Crippen molar-refractivity contribution in [3.8, 4) is 0 Å². The van der Waals surface area contributed by atoms with Gasteiger partial charge in [-0.25, -0.2) is 0 Å². The highest BCUT2D eigenvalue weighted by Crippen LogP contribution is 2.30. The molecular formula is C11H20N2O. The van der Waals surface area contributed by atoms with Crippen LogP contribution in [0.3, 0.4) is 0 Å². The van der Waals surface area contributed by atoms with E-state index in [1.165, 1.54) is 32.1 Å². The summed E-state index contributed by atoms with van der Waals surface area (Å²) in [6, 6.07) is 0.160. The molecule has 0 aromatic heterocycles. The summed E-state index contributed by atoms with van der Waals surface area (Å²) in [5.41, 5.74) is 5.70. The predicted molar refractivity (Wildman–Crippen MR) is 55.7 cm³/mol. The summed E-state index contributed by atoms with van der Waals surface area (Å²) in [5.74, 6) is 0.480. The molecule has 2 N–H and O–H groups in total. The fourth-order valence-corrected chi connectivity index (χ4v) is 2.20. The van der Waals surface area contributed by atoms with Crippen LogP contribution in [0, 0.1) is 5.92 Å². The van der Waals surface area contributed by atoms with Crippen molar-refractivity contribution < 1.29 is 4.79 Å². The molecule has 1 saturated carbocycles. The molecule has 2 aliphatic rings. The van der Waals surface area contributed by atoms with Crippen LogP contribution in [0.5, 0.6) is 0 Å². The topological polar surface area (TPSA) is 46.3 Å². The minimum absolute atomic E-state index is 0.160. The minimum Gasteiger partial charge on any atom is -0.342 e. The van der Waals surface area contributed by atoms with Crippen LogP contribution in [-0.2, 0) is 4.79 Å². The van der Waals surface area contributed by atoms with E-state index >= 15 is 0 Å². The molecule has 3 heteroatoms. The van der Waals surface area contributed by atoms with Crippen LogP contribution in [0.25, 0.3) is 0 Å². The monoisotopic (exact) mass is 196 g/mol. The van der Waals surface area contributed by atoms with Gasteiger partial charge < -0.3 is 10.6 Å². The number of nitrogens with zero attached hydrogens (tertiary/aromatic N) is 1. The third-order valence-corrected chi connectivity index (χ3v) is 3.32. The fourth-order valence-electron chi connectivity index (χ4n) is 2.20. The molecular weight excluding hydrogens is 176 g/mol. The number of hydrogen-bond acceptors (Lipinski definition) is 2. The van der Waals surface area contributed by atoms with E-state index in [1.54, 1.807) is 0 Å². The Kier molecular flexibility index (Phi) is 3.06. The van der Waals surface area contributed by atoms with Crippen molar-refractivity contribution in [2.75, 3.05) is 13.1 Å². The van der Waals surface area contributed by atoms with Crippen molar-refractivity contribution in [1.82, 2.24) is 4.90 Å². The molecule has 0 aromatic rings. The van der Waals surface area contributed by atoms with Crippen LogP contribution in [0.15, 0.2) is 0 Å². The molecule has 2 unspecified atom stereocenters. The lowest BCUT2D eigenvalue weighted by Crippen LogP contribution is -2.36. The zero-order valence-corrected chi connectivity index (χ0v) is 8.74. The first kappa shape index (κ1) is 9.97. The number of hydrogen-bond donors (Lipinski definition) is 1. The highest BCUT2D eigenvalue weighted by atomic mass is 16.2. The third-order valence-electron chi connectivity index (χ3n) is 3.32. The maximum Gasteiger partial charge on any atom is 0.227 e. The molecule has 0 radical (unpaired) electrons. The van der Waals surface area contributed by atoms with E-state index in [0.717, 1.165) is 19.5 Å². The van der Waals surface area contributed by atoms with Gasteiger partial charge in [-0.15, -0.1) is 0 Å². The summed E-state index contributed by atoms with van der Waals surface area (Å²) in [7, 11) is 0. The number of rotatable bonds is 1. The van der Waals surface area contributed by atoms with Gasteiger partial charge >= 0.3 is 0 Å². The van der Waals surface area contributed by atoms with Crippen LogP contribution in [0.2, 0.25) is 0 Å². The van der Waals surface area contributed by atoms with Crippen molar-refractivity contribution in [3.05, 3.63) is 0 Å². The lowest BCUT2D eigenvalue weighted by Gasteiger charge is -2.24. The number of carbonyl (C=O) groups excluding carboxylic acids is 1. The first-order chi connectivity index (χ1) is 6.79. The van der Waals surface area contributed by atoms with E-state index in [2.05, 4.69) is 0 Å². The van der Waals surface area contributed by atoms with Gasteiger partial charge in [0.05, 0.1) is 5.92 Å². The second kappa shape index (κ2) is 4.30. The molecule has 1 heterocycles. The van der Waals surface area contributed by atoms with Crippen molar-refractivity contribution in [3.63, 3.8) is 0 Å². The van der Waals surface area contributed by atoms with Gasteiger partial charge in [0.25, 0.3) is 0 Å². The molecule has 2 fully saturated rings. The second-order valence-electron chi connectivity index (χ2n) is 4.60. The Morgan fingerprint density at radius 1 is 1.07 bits per heavy atom. The summed E-state index contributed by atoms with van der Waals surface area (Å²) in [4.78, 5) is 13.9. The zero-order chi connectivity index (χ0) is 9.97. The summed E-state index contributed by atoms with van der Waals surface area (Å²) < 4.78 is 0. The molecule has 80 valence electrons. The first-order valence-electron chi connectivity index (χ1n) is 5.83. The Bertz CT molecular complexity index is 209. The molecule has 0 spiro atoms. The van der Waals surface area contributed by atoms with Gasteiger partial charge in [0, 0.05) is 19.1 Å². The van der Waals surface area contributed by atoms with Gasteiger partial charge in [0.2, 0.25) is 5.91 Å². The van der Waals surface area contributed by atoms with E-state index in [0.29, 0.717) is 5.91 Å². The molecule has 2 atom stereocenters. The third kappa shape index (κ3) is 2.27. The van der Waals surface area contributed by atoms with Gasteiger partial charge in [0.1, 0.15) is 0 Å². The molecule has 3 nitrogen and oxygen atoms in total. The van der Waals surface area contributed by atoms with Crippen molar-refractivity contribution in [2.24, 2.45) is 11.7 Å². The molecule has 14 heavy (non-hydrogen) atoms. The predicted octanol–water partition coefficient (Wildman–Crippen LogP) is 1.13. The van der Waals surface area contributed by atoms with Crippen LogP contribution < -0.4 is 5.73 Å². The summed E-state index contributed by atoms with van der Waals surface area (Å²) in [6.07, 6.45) is 7.16. The van der Waals surface area contributed by atoms with Crippen molar-refractivity contribution in [2.45, 2.75) is 44.6 Å². The Labute approximate surface area is 85.6 Å². The fraction of sp³-hybridized carbons (Fsp3) is 0.909. The van der Waals surface area contributed by atoms with E-state index in [9.17, 15) is 4.79 Å². The quantitative estimate of drug-likeness (QED) is 0.683. The van der Waals surface area contributed by atoms with Crippen molar-refractivity contribution >= 4 is 5.91 Å². The molecule has 0 aromatic carbocycles. The van der Waals surface area contributed by atoms with E-state index in [4.69, 9.17) is 5.73 Å². The maximum absolute atomic E-state index is 11.9. The van der Waals surface area contributed by atoms with Gasteiger partial charge in [-0.2, -0.15) is 0 Å². The summed E-state index contributed by atoms with van der Waals surface area (Å²) >= 11 is 0. The second-order valence-corrected chi connectivity index (χ2v) is 4.60. The highest BCUT2D eigenvalue weighted by molar-refractivity contribution is 5.82. The summed E-state index contributed by atoms with van der Waals surface area (Å²) in [5, 5.41) is 0. The number of carbonyl (C=O) groups is 1. The van der Waals surface area contributed by atoms with Gasteiger partial charge in [-0.05, 0) is 19.3 Å². The number of likely N-dealkylation sites (tertiary alicyclic amines) is 1. The van der Waals surface area contributed by atoms with E-state index < -0.39 is 0 Å². The van der Waals surface area contributed by atoms with Crippen LogP contribution in [0.1, 0.15) is 38.5 Å². The SMILES string of the molecule is NC1CC1C(=O)N1CCCCCCC1. The Hall–Kier alpha value is -0.570. The Morgan fingerprint density at radius 2 is 1.57 bits per heavy atom. The first-order valence-corrected chi connectivity index (χ1v) is 5.83. The molecule has 1 amide bonds. The van der Waals surface area contributed by atoms with Gasteiger partial charge in [-0.3, -0.25) is 4.79 Å². The normalized spacial score (nSPS) is 33.4. The largest absolute Gasteiger partial charge is 0.342 e. The Balaban J connectivity index is 1.84. The molecule has 1 saturated heterocycles. The lowest BCUT2D eigenvalue weighted by molar-refractivity contribution is -0.133. The van der Waals surface area contributed by atoms with Crippen LogP contribution >= 0.6 is 0 Å². The van der Waals surface area contributed by atoms with Gasteiger partial charge in [0.15, 0.2) is 0 Å². The number of nitrogens with two attached hydrogens (primary N) is 1. The van der Waals surface area contributed by atoms with E-state index in [-0.39, 0.29) is 12.0 Å². The summed E-state index contributed by atoms with van der Waals surface area (Å²) in [6.45, 7) is 1.92. The molecule has 2 rings (SSSR count). The van der Waals surface area contributed by atoms with Crippen LogP contribution in [0.4, 0.5) is 0 Å². The molecule has 1 aliphatic carbocycles. The minimum atomic E-state index is 0.160. The average Bonchev–Trinajstić information content (AvgIpc) is 2.81. The average molecular weight is 196 g/mol. The lowest BCUT2D eigenvalue weighted by atomic mass is 10.1. The van der Waals surface area contributed by atoms with Gasteiger partial charge in [-0.1, -0.05) is 19.3 Å². The smallest absolute Gasteiger partial charge is 0.227 e. The highest BCUT2D eigenvalue weighted by Gasteiger charge is 2.42. The molecule has 1 aliphatic heterocycles. The molecule has 0 bridgehead atoms. The zero-order valence-electron chi connectivity index (χ0n) is 8.74. The number of amides is 1. The van der Waals surface area contributed by atoms with E-state index in [1.807, 2.05) is 4.90 Å². The van der Waals surface area contributed by atoms with Crippen LogP contribution in [-0.4, -0.2) is 29.9 Å². The van der Waals surface area contributed by atoms with Crippen molar-refractivity contribution in [1.29, 1.82) is 0 Å². The maximum atomic E-state index is 11.9.